The highest BCUT2D eigenvalue weighted by molar-refractivity contribution is 5.81. The Labute approximate surface area is 184 Å². The van der Waals surface area contributed by atoms with Crippen molar-refractivity contribution in [2.24, 2.45) is 0 Å². The van der Waals surface area contributed by atoms with Gasteiger partial charge >= 0.3 is 0 Å². The summed E-state index contributed by atoms with van der Waals surface area (Å²) in [7, 11) is 0. The van der Waals surface area contributed by atoms with Crippen LogP contribution >= 0.6 is 0 Å². The van der Waals surface area contributed by atoms with E-state index in [9.17, 15) is 9.18 Å². The summed E-state index contributed by atoms with van der Waals surface area (Å²) in [5, 5.41) is 11.7. The molecule has 164 valence electrons. The Morgan fingerprint density at radius 2 is 1.91 bits per heavy atom. The first kappa shape index (κ1) is 20.3. The summed E-state index contributed by atoms with van der Waals surface area (Å²) >= 11 is 0. The minimum atomic E-state index is -0.587. The number of aryl methyl sites for hydroxylation is 1. The number of carbonyl (C=O) groups is 1. The van der Waals surface area contributed by atoms with E-state index in [0.29, 0.717) is 25.3 Å². The Hall–Kier alpha value is -3.62. The van der Waals surface area contributed by atoms with Gasteiger partial charge in [-0.05, 0) is 60.0 Å². The van der Waals surface area contributed by atoms with Crippen molar-refractivity contribution in [1.82, 2.24) is 30.1 Å². The van der Waals surface area contributed by atoms with E-state index in [1.54, 1.807) is 23.7 Å². The number of piperidine rings is 1. The summed E-state index contributed by atoms with van der Waals surface area (Å²) < 4.78 is 20.8. The van der Waals surface area contributed by atoms with Crippen LogP contribution in [0.15, 0.2) is 52.9 Å². The second-order valence-electron chi connectivity index (χ2n) is 8.14. The highest BCUT2D eigenvalue weighted by Gasteiger charge is 2.33. The summed E-state index contributed by atoms with van der Waals surface area (Å²) in [5.74, 6) is 1.12. The van der Waals surface area contributed by atoms with Gasteiger partial charge in [-0.3, -0.25) is 4.79 Å². The van der Waals surface area contributed by atoms with E-state index < -0.39 is 6.04 Å². The summed E-state index contributed by atoms with van der Waals surface area (Å²) in [6.45, 7) is 2.97. The number of carbonyl (C=O) groups excluding carboxylic acids is 1. The number of rotatable bonds is 5. The number of amides is 1. The molecule has 0 N–H and O–H groups in total. The van der Waals surface area contributed by atoms with Gasteiger partial charge in [-0.25, -0.2) is 14.1 Å². The van der Waals surface area contributed by atoms with Crippen LogP contribution < -0.4 is 0 Å². The summed E-state index contributed by atoms with van der Waals surface area (Å²) in [6, 6.07) is 13.3. The molecule has 0 radical (unpaired) electrons. The van der Waals surface area contributed by atoms with Gasteiger partial charge in [0.1, 0.15) is 23.2 Å². The van der Waals surface area contributed by atoms with E-state index in [1.165, 1.54) is 12.1 Å². The van der Waals surface area contributed by atoms with E-state index in [0.717, 1.165) is 35.4 Å². The second-order valence-corrected chi connectivity index (χ2v) is 8.14. The van der Waals surface area contributed by atoms with Crippen LogP contribution in [0, 0.1) is 12.7 Å². The quantitative estimate of drug-likeness (QED) is 0.478. The monoisotopic (exact) mass is 434 g/mol. The molecule has 3 heterocycles. The van der Waals surface area contributed by atoms with Gasteiger partial charge in [0.2, 0.25) is 5.91 Å². The molecule has 2 aromatic heterocycles. The fourth-order valence-electron chi connectivity index (χ4n) is 4.27. The van der Waals surface area contributed by atoms with Gasteiger partial charge < -0.3 is 9.32 Å². The van der Waals surface area contributed by atoms with Gasteiger partial charge in [-0.1, -0.05) is 24.3 Å². The predicted molar refractivity (Wildman–Crippen MR) is 114 cm³/mol. The minimum Gasteiger partial charge on any atom is -0.440 e. The Morgan fingerprint density at radius 1 is 1.16 bits per heavy atom. The second kappa shape index (κ2) is 8.49. The first-order chi connectivity index (χ1) is 15.6. The molecule has 4 aromatic rings. The number of tetrazole rings is 1. The predicted octanol–water partition coefficient (Wildman–Crippen LogP) is 3.45. The zero-order chi connectivity index (χ0) is 22.1. The first-order valence-electron chi connectivity index (χ1n) is 10.7. The highest BCUT2D eigenvalue weighted by Crippen LogP contribution is 2.31. The number of oxazole rings is 1. The van der Waals surface area contributed by atoms with E-state index >= 15 is 0 Å². The van der Waals surface area contributed by atoms with Gasteiger partial charge in [0.05, 0.1) is 0 Å². The average Bonchev–Trinajstić information content (AvgIpc) is 3.44. The van der Waals surface area contributed by atoms with Crippen LogP contribution in [0.2, 0.25) is 0 Å². The molecule has 0 aliphatic carbocycles. The van der Waals surface area contributed by atoms with E-state index in [4.69, 9.17) is 4.42 Å². The summed E-state index contributed by atoms with van der Waals surface area (Å²) in [4.78, 5) is 20.0. The van der Waals surface area contributed by atoms with Crippen LogP contribution in [0.5, 0.6) is 0 Å². The van der Waals surface area contributed by atoms with Crippen molar-refractivity contribution in [3.63, 3.8) is 0 Å². The van der Waals surface area contributed by atoms with Crippen molar-refractivity contribution in [2.75, 3.05) is 13.1 Å². The third-order valence-corrected chi connectivity index (χ3v) is 6.05. The zero-order valence-corrected chi connectivity index (χ0v) is 17.7. The fraction of sp³-hybridized carbons (Fsp3) is 0.348. The van der Waals surface area contributed by atoms with Crippen molar-refractivity contribution >= 4 is 17.0 Å². The van der Waals surface area contributed by atoms with Gasteiger partial charge in [0.15, 0.2) is 11.5 Å². The van der Waals surface area contributed by atoms with Gasteiger partial charge in [-0.2, -0.15) is 0 Å². The van der Waals surface area contributed by atoms with Gasteiger partial charge in [0, 0.05) is 25.4 Å². The molecular weight excluding hydrogens is 411 g/mol. The number of benzene rings is 2. The molecule has 1 aliphatic rings. The van der Waals surface area contributed by atoms with Crippen molar-refractivity contribution < 1.29 is 13.6 Å². The molecule has 1 atom stereocenters. The standard InChI is InChI=1S/C23H23FN6O2/c1-15-26-27-28-30(15)20(14-16-6-8-18(24)9-7-16)23(31)29-12-10-17(11-13-29)22-25-19-4-2-3-5-21(19)32-22/h2-9,17,20H,10-14H2,1H3/t20-/m1/s1. The van der Waals surface area contributed by atoms with E-state index in [2.05, 4.69) is 20.5 Å². The lowest BCUT2D eigenvalue weighted by Gasteiger charge is -2.33. The fourth-order valence-corrected chi connectivity index (χ4v) is 4.27. The third kappa shape index (κ3) is 3.98. The molecule has 2 aromatic carbocycles. The smallest absolute Gasteiger partial charge is 0.247 e. The normalized spacial score (nSPS) is 15.9. The molecule has 0 spiro atoms. The Kier molecular flexibility index (Phi) is 5.38. The lowest BCUT2D eigenvalue weighted by molar-refractivity contribution is -0.136. The van der Waals surface area contributed by atoms with Crippen LogP contribution in [0.25, 0.3) is 11.1 Å². The third-order valence-electron chi connectivity index (χ3n) is 6.05. The van der Waals surface area contributed by atoms with Crippen molar-refractivity contribution in [1.29, 1.82) is 0 Å². The molecule has 8 nitrogen and oxygen atoms in total. The molecule has 1 aliphatic heterocycles. The molecule has 0 bridgehead atoms. The maximum Gasteiger partial charge on any atom is 0.247 e. The average molecular weight is 434 g/mol. The van der Waals surface area contributed by atoms with Crippen LogP contribution in [-0.4, -0.2) is 49.1 Å². The molecule has 1 saturated heterocycles. The first-order valence-corrected chi connectivity index (χ1v) is 10.7. The van der Waals surface area contributed by atoms with Crippen LogP contribution in [0.4, 0.5) is 4.39 Å². The number of halogens is 1. The number of hydrogen-bond acceptors (Lipinski definition) is 6. The Bertz CT molecular complexity index is 1190. The highest BCUT2D eigenvalue weighted by atomic mass is 19.1. The Balaban J connectivity index is 1.31. The number of nitrogens with zero attached hydrogens (tertiary/aromatic N) is 6. The largest absolute Gasteiger partial charge is 0.440 e. The molecule has 9 heteroatoms. The SMILES string of the molecule is Cc1nnnn1[C@H](Cc1ccc(F)cc1)C(=O)N1CCC(c2nc3ccccc3o2)CC1. The summed E-state index contributed by atoms with van der Waals surface area (Å²) in [6.07, 6.45) is 1.93. The van der Waals surface area contributed by atoms with Crippen molar-refractivity contribution in [3.8, 4) is 0 Å². The lowest BCUT2D eigenvalue weighted by atomic mass is 9.95. The van der Waals surface area contributed by atoms with Crippen LogP contribution in [0.1, 0.15) is 42.1 Å². The molecule has 0 unspecified atom stereocenters. The number of hydrogen-bond donors (Lipinski definition) is 0. The van der Waals surface area contributed by atoms with Crippen LogP contribution in [-0.2, 0) is 11.2 Å². The number of aromatic nitrogens is 5. The molecular formula is C23H23FN6O2. The lowest BCUT2D eigenvalue weighted by Crippen LogP contribution is -2.43. The molecule has 0 saturated carbocycles. The summed E-state index contributed by atoms with van der Waals surface area (Å²) in [5.41, 5.74) is 2.49. The number of likely N-dealkylation sites (tertiary alicyclic amines) is 1. The number of fused-ring (bicyclic) bond motifs is 1. The van der Waals surface area contributed by atoms with Gasteiger partial charge in [-0.15, -0.1) is 5.10 Å². The minimum absolute atomic E-state index is 0.0410. The van der Waals surface area contributed by atoms with Gasteiger partial charge in [0.25, 0.3) is 0 Å². The number of para-hydroxylation sites is 2. The molecule has 1 amide bonds. The Morgan fingerprint density at radius 3 is 2.59 bits per heavy atom. The zero-order valence-electron chi connectivity index (χ0n) is 17.7. The molecule has 5 rings (SSSR count). The molecule has 1 fully saturated rings. The topological polar surface area (TPSA) is 89.9 Å². The maximum absolute atomic E-state index is 13.5. The van der Waals surface area contributed by atoms with Crippen molar-refractivity contribution in [3.05, 3.63) is 71.6 Å². The van der Waals surface area contributed by atoms with Crippen molar-refractivity contribution in [2.45, 2.75) is 38.1 Å². The maximum atomic E-state index is 13.5. The molecule has 32 heavy (non-hydrogen) atoms. The van der Waals surface area contributed by atoms with E-state index in [-0.39, 0.29) is 17.6 Å². The van der Waals surface area contributed by atoms with Crippen LogP contribution in [0.3, 0.4) is 0 Å². The van der Waals surface area contributed by atoms with E-state index in [1.807, 2.05) is 29.2 Å².